The lowest BCUT2D eigenvalue weighted by Gasteiger charge is -2.22. The van der Waals surface area contributed by atoms with Gasteiger partial charge in [-0.25, -0.2) is 0 Å². The Morgan fingerprint density at radius 3 is 2.94 bits per heavy atom. The van der Waals surface area contributed by atoms with Gasteiger partial charge in [0.2, 0.25) is 5.91 Å². The van der Waals surface area contributed by atoms with E-state index in [0.29, 0.717) is 12.5 Å². The van der Waals surface area contributed by atoms with Gasteiger partial charge in [0.1, 0.15) is 0 Å². The second-order valence-corrected chi connectivity index (χ2v) is 6.99. The third kappa shape index (κ3) is 3.09. The van der Waals surface area contributed by atoms with Crippen LogP contribution in [0.25, 0.3) is 0 Å². The Balaban J connectivity index is 1.95. The summed E-state index contributed by atoms with van der Waals surface area (Å²) < 4.78 is 1.12. The van der Waals surface area contributed by atoms with E-state index in [2.05, 4.69) is 39.6 Å². The maximum Gasteiger partial charge on any atom is 0.227 e. The highest BCUT2D eigenvalue weighted by Crippen LogP contribution is 2.23. The van der Waals surface area contributed by atoms with E-state index in [1.807, 2.05) is 11.9 Å². The van der Waals surface area contributed by atoms with Gasteiger partial charge in [-0.15, -0.1) is 11.3 Å². The monoisotopic (exact) mass is 316 g/mol. The van der Waals surface area contributed by atoms with E-state index < -0.39 is 0 Å². The third-order valence-corrected chi connectivity index (χ3v) is 4.81. The minimum Gasteiger partial charge on any atom is -0.341 e. The standard InChI is InChI=1S/C12H17BrN2OS/c1-8-4-14-5-10(8)12(16)15(2)6-9-3-11(13)17-7-9/h3,7-8,10,14H,4-6H2,1-2H3/t8-,10-/m1/s1. The predicted molar refractivity (Wildman–Crippen MR) is 74.0 cm³/mol. The quantitative estimate of drug-likeness (QED) is 0.928. The van der Waals surface area contributed by atoms with Crippen molar-refractivity contribution in [3.63, 3.8) is 0 Å². The highest BCUT2D eigenvalue weighted by Gasteiger charge is 2.31. The molecule has 94 valence electrons. The Morgan fingerprint density at radius 1 is 1.65 bits per heavy atom. The van der Waals surface area contributed by atoms with Crippen LogP contribution in [-0.2, 0) is 11.3 Å². The smallest absolute Gasteiger partial charge is 0.227 e. The summed E-state index contributed by atoms with van der Waals surface area (Å²) in [4.78, 5) is 14.1. The van der Waals surface area contributed by atoms with Crippen LogP contribution in [0.2, 0.25) is 0 Å². The SMILES string of the molecule is C[C@@H]1CNC[C@H]1C(=O)N(C)Cc1csc(Br)c1. The lowest BCUT2D eigenvalue weighted by Crippen LogP contribution is -2.35. The molecule has 1 fully saturated rings. The number of halogens is 1. The lowest BCUT2D eigenvalue weighted by atomic mass is 9.97. The first-order valence-corrected chi connectivity index (χ1v) is 7.44. The van der Waals surface area contributed by atoms with Gasteiger partial charge >= 0.3 is 0 Å². The normalized spacial score (nSPS) is 23.9. The third-order valence-electron chi connectivity index (χ3n) is 3.25. The van der Waals surface area contributed by atoms with Crippen molar-refractivity contribution in [3.8, 4) is 0 Å². The van der Waals surface area contributed by atoms with Crippen LogP contribution < -0.4 is 5.32 Å². The molecular formula is C12H17BrN2OS. The summed E-state index contributed by atoms with van der Waals surface area (Å²) >= 11 is 5.10. The van der Waals surface area contributed by atoms with Gasteiger partial charge in [0.05, 0.1) is 9.70 Å². The second-order valence-electron chi connectivity index (χ2n) is 4.70. The molecule has 2 rings (SSSR count). The summed E-state index contributed by atoms with van der Waals surface area (Å²) in [6.07, 6.45) is 0. The van der Waals surface area contributed by atoms with Crippen LogP contribution in [0, 0.1) is 11.8 Å². The molecule has 3 nitrogen and oxygen atoms in total. The van der Waals surface area contributed by atoms with Crippen molar-refractivity contribution in [3.05, 3.63) is 20.8 Å². The summed E-state index contributed by atoms with van der Waals surface area (Å²) in [5, 5.41) is 5.36. The summed E-state index contributed by atoms with van der Waals surface area (Å²) in [5.74, 6) is 0.839. The van der Waals surface area contributed by atoms with Crippen molar-refractivity contribution < 1.29 is 4.79 Å². The van der Waals surface area contributed by atoms with Crippen molar-refractivity contribution in [1.82, 2.24) is 10.2 Å². The van der Waals surface area contributed by atoms with Gasteiger partial charge in [0, 0.05) is 20.1 Å². The molecule has 2 atom stereocenters. The number of carbonyl (C=O) groups is 1. The summed E-state index contributed by atoms with van der Waals surface area (Å²) in [6.45, 7) is 4.60. The minimum absolute atomic E-state index is 0.141. The minimum atomic E-state index is 0.141. The van der Waals surface area contributed by atoms with Gasteiger partial charge in [-0.3, -0.25) is 4.79 Å². The largest absolute Gasteiger partial charge is 0.341 e. The lowest BCUT2D eigenvalue weighted by molar-refractivity contribution is -0.135. The van der Waals surface area contributed by atoms with Gasteiger partial charge in [-0.05, 0) is 45.4 Å². The fourth-order valence-corrected chi connectivity index (χ4v) is 3.40. The van der Waals surface area contributed by atoms with Crippen LogP contribution in [0.1, 0.15) is 12.5 Å². The van der Waals surface area contributed by atoms with Crippen molar-refractivity contribution in [2.75, 3.05) is 20.1 Å². The maximum atomic E-state index is 12.2. The molecule has 5 heteroatoms. The number of hydrogen-bond acceptors (Lipinski definition) is 3. The van der Waals surface area contributed by atoms with Crippen LogP contribution >= 0.6 is 27.3 Å². The predicted octanol–water partition coefficient (Wildman–Crippen LogP) is 2.32. The first-order valence-electron chi connectivity index (χ1n) is 5.76. The molecule has 1 saturated heterocycles. The first-order chi connectivity index (χ1) is 8.08. The van der Waals surface area contributed by atoms with E-state index in [9.17, 15) is 4.79 Å². The zero-order valence-corrected chi connectivity index (χ0v) is 12.5. The van der Waals surface area contributed by atoms with Gasteiger partial charge in [-0.2, -0.15) is 0 Å². The molecular weight excluding hydrogens is 300 g/mol. The topological polar surface area (TPSA) is 32.3 Å². The highest BCUT2D eigenvalue weighted by atomic mass is 79.9. The van der Waals surface area contributed by atoms with E-state index in [0.717, 1.165) is 16.9 Å². The number of hydrogen-bond donors (Lipinski definition) is 1. The van der Waals surface area contributed by atoms with Crippen LogP contribution in [0.5, 0.6) is 0 Å². The first kappa shape index (κ1) is 13.1. The number of nitrogens with one attached hydrogen (secondary N) is 1. The van der Waals surface area contributed by atoms with Gasteiger partial charge in [0.25, 0.3) is 0 Å². The van der Waals surface area contributed by atoms with Crippen molar-refractivity contribution in [2.45, 2.75) is 13.5 Å². The molecule has 1 aliphatic heterocycles. The van der Waals surface area contributed by atoms with Gasteiger partial charge < -0.3 is 10.2 Å². The van der Waals surface area contributed by atoms with E-state index in [1.54, 1.807) is 11.3 Å². The molecule has 0 radical (unpaired) electrons. The van der Waals surface area contributed by atoms with Crippen LogP contribution in [0.4, 0.5) is 0 Å². The highest BCUT2D eigenvalue weighted by molar-refractivity contribution is 9.11. The number of nitrogens with zero attached hydrogens (tertiary/aromatic N) is 1. The van der Waals surface area contributed by atoms with Gasteiger partial charge in [0.15, 0.2) is 0 Å². The average molecular weight is 317 g/mol. The van der Waals surface area contributed by atoms with Crippen LogP contribution in [-0.4, -0.2) is 30.9 Å². The Bertz CT molecular complexity index is 407. The fraction of sp³-hybridized carbons (Fsp3) is 0.583. The van der Waals surface area contributed by atoms with E-state index >= 15 is 0 Å². The molecule has 1 N–H and O–H groups in total. The van der Waals surface area contributed by atoms with Crippen molar-refractivity contribution in [1.29, 1.82) is 0 Å². The second kappa shape index (κ2) is 5.50. The molecule has 0 aliphatic carbocycles. The molecule has 0 bridgehead atoms. The Morgan fingerprint density at radius 2 is 2.41 bits per heavy atom. The Labute approximate surface area is 114 Å². The summed E-state index contributed by atoms with van der Waals surface area (Å²) in [5.41, 5.74) is 1.19. The zero-order chi connectivity index (χ0) is 12.4. The number of amides is 1. The van der Waals surface area contributed by atoms with Crippen molar-refractivity contribution >= 4 is 33.2 Å². The Hall–Kier alpha value is -0.390. The maximum absolute atomic E-state index is 12.2. The van der Waals surface area contributed by atoms with E-state index in [-0.39, 0.29) is 11.8 Å². The molecule has 0 aromatic carbocycles. The zero-order valence-electron chi connectivity index (χ0n) is 10.1. The summed E-state index contributed by atoms with van der Waals surface area (Å²) in [6, 6.07) is 2.07. The number of rotatable bonds is 3. The number of thiophene rings is 1. The van der Waals surface area contributed by atoms with Crippen LogP contribution in [0.3, 0.4) is 0 Å². The molecule has 0 unspecified atom stereocenters. The molecule has 1 aliphatic rings. The van der Waals surface area contributed by atoms with Crippen molar-refractivity contribution in [2.24, 2.45) is 11.8 Å². The number of carbonyl (C=O) groups excluding carboxylic acids is 1. The Kier molecular flexibility index (Phi) is 4.22. The molecule has 1 amide bonds. The molecule has 2 heterocycles. The fourth-order valence-electron chi connectivity index (χ4n) is 2.20. The molecule has 0 spiro atoms. The molecule has 1 aromatic heterocycles. The van der Waals surface area contributed by atoms with Gasteiger partial charge in [-0.1, -0.05) is 6.92 Å². The average Bonchev–Trinajstić information content (AvgIpc) is 2.86. The molecule has 17 heavy (non-hydrogen) atoms. The van der Waals surface area contributed by atoms with E-state index in [4.69, 9.17) is 0 Å². The van der Waals surface area contributed by atoms with Crippen LogP contribution in [0.15, 0.2) is 15.2 Å². The summed E-state index contributed by atoms with van der Waals surface area (Å²) in [7, 11) is 1.89. The molecule has 1 aromatic rings. The van der Waals surface area contributed by atoms with E-state index in [1.165, 1.54) is 5.56 Å². The molecule has 0 saturated carbocycles.